The van der Waals surface area contributed by atoms with Gasteiger partial charge in [-0.25, -0.2) is 4.79 Å². The summed E-state index contributed by atoms with van der Waals surface area (Å²) in [5, 5.41) is 1.35. The summed E-state index contributed by atoms with van der Waals surface area (Å²) in [4.78, 5) is 35.4. The standard InChI is InChI=1S/C27H22F3NO7S/c28-27(29,30)38-21-8-4-7-19(14-21)22(36-16-37-25(33)18-5-2-1-3-6-18)15-35-20-11-9-17(10-12-20)13-23-24(32)31-26(34)39-23/h1-12,14,22-23H,13,15-16H2,(H,31,32,34). The molecule has 3 aromatic carbocycles. The van der Waals surface area contributed by atoms with Crippen molar-refractivity contribution < 1.29 is 46.5 Å². The molecule has 1 saturated heterocycles. The van der Waals surface area contributed by atoms with Crippen LogP contribution in [-0.4, -0.2) is 42.1 Å². The lowest BCUT2D eigenvalue weighted by atomic mass is 10.1. The molecule has 204 valence electrons. The van der Waals surface area contributed by atoms with Crippen LogP contribution in [0.5, 0.6) is 11.5 Å². The van der Waals surface area contributed by atoms with Gasteiger partial charge < -0.3 is 18.9 Å². The van der Waals surface area contributed by atoms with Crippen molar-refractivity contribution in [3.8, 4) is 11.5 Å². The number of hydrogen-bond acceptors (Lipinski definition) is 8. The maximum absolute atomic E-state index is 12.7. The third kappa shape index (κ3) is 8.48. The first-order valence-corrected chi connectivity index (χ1v) is 12.5. The van der Waals surface area contributed by atoms with Crippen molar-refractivity contribution in [2.45, 2.75) is 24.1 Å². The SMILES string of the molecule is O=C1NC(=O)C(Cc2ccc(OCC(OCOC(=O)c3ccccc3)c3cccc(OC(F)(F)F)c3)cc2)S1. The highest BCUT2D eigenvalue weighted by Crippen LogP contribution is 2.28. The number of esters is 1. The maximum atomic E-state index is 12.7. The number of hydrogen-bond donors (Lipinski definition) is 1. The predicted octanol–water partition coefficient (Wildman–Crippen LogP) is 5.43. The Bertz CT molecular complexity index is 1300. The van der Waals surface area contributed by atoms with Gasteiger partial charge in [0.05, 0.1) is 10.8 Å². The molecule has 1 heterocycles. The molecule has 2 amide bonds. The molecule has 1 fully saturated rings. The third-order valence-electron chi connectivity index (χ3n) is 5.45. The monoisotopic (exact) mass is 561 g/mol. The second-order valence-corrected chi connectivity index (χ2v) is 9.41. The van der Waals surface area contributed by atoms with E-state index in [9.17, 15) is 27.6 Å². The van der Waals surface area contributed by atoms with E-state index in [1.807, 2.05) is 0 Å². The number of imide groups is 1. The van der Waals surface area contributed by atoms with Gasteiger partial charge in [0.15, 0.2) is 6.79 Å². The Morgan fingerprint density at radius 3 is 2.36 bits per heavy atom. The van der Waals surface area contributed by atoms with Crippen LogP contribution in [0.1, 0.15) is 27.6 Å². The van der Waals surface area contributed by atoms with Crippen LogP contribution >= 0.6 is 11.8 Å². The summed E-state index contributed by atoms with van der Waals surface area (Å²) in [6.07, 6.45) is -5.44. The Morgan fingerprint density at radius 2 is 1.69 bits per heavy atom. The van der Waals surface area contributed by atoms with E-state index in [4.69, 9.17) is 14.2 Å². The zero-order valence-electron chi connectivity index (χ0n) is 20.2. The molecule has 3 aromatic rings. The summed E-state index contributed by atoms with van der Waals surface area (Å²) < 4.78 is 58.8. The number of ether oxygens (including phenoxy) is 4. The molecule has 12 heteroatoms. The van der Waals surface area contributed by atoms with Gasteiger partial charge in [-0.1, -0.05) is 54.2 Å². The van der Waals surface area contributed by atoms with Gasteiger partial charge in [-0.15, -0.1) is 13.2 Å². The second kappa shape index (κ2) is 12.7. The smallest absolute Gasteiger partial charge is 0.491 e. The lowest BCUT2D eigenvalue weighted by Crippen LogP contribution is -2.25. The van der Waals surface area contributed by atoms with Crippen LogP contribution in [0, 0.1) is 0 Å². The fourth-order valence-electron chi connectivity index (χ4n) is 3.62. The molecule has 0 spiro atoms. The van der Waals surface area contributed by atoms with Crippen molar-refractivity contribution in [3.05, 3.63) is 95.6 Å². The zero-order chi connectivity index (χ0) is 27.8. The summed E-state index contributed by atoms with van der Waals surface area (Å²) in [5.41, 5.74) is 1.42. The minimum Gasteiger partial charge on any atom is -0.491 e. The van der Waals surface area contributed by atoms with E-state index in [1.165, 1.54) is 12.1 Å². The molecular formula is C27H22F3NO7S. The van der Waals surface area contributed by atoms with Crippen LogP contribution in [0.2, 0.25) is 0 Å². The molecule has 0 saturated carbocycles. The van der Waals surface area contributed by atoms with Crippen LogP contribution < -0.4 is 14.8 Å². The first-order chi connectivity index (χ1) is 18.7. The zero-order valence-corrected chi connectivity index (χ0v) is 21.0. The Kier molecular flexibility index (Phi) is 9.10. The minimum atomic E-state index is -4.87. The van der Waals surface area contributed by atoms with Crippen molar-refractivity contribution in [1.29, 1.82) is 0 Å². The molecular weight excluding hydrogens is 539 g/mol. The Morgan fingerprint density at radius 1 is 0.949 bits per heavy atom. The van der Waals surface area contributed by atoms with Crippen molar-refractivity contribution in [1.82, 2.24) is 5.32 Å². The summed E-state index contributed by atoms with van der Waals surface area (Å²) in [6, 6.07) is 20.2. The number of alkyl halides is 3. The molecule has 1 aliphatic rings. The summed E-state index contributed by atoms with van der Waals surface area (Å²) in [7, 11) is 0. The first-order valence-electron chi connectivity index (χ1n) is 11.6. The quantitative estimate of drug-likeness (QED) is 0.244. The number of carbonyl (C=O) groups is 3. The fourth-order valence-corrected chi connectivity index (χ4v) is 4.47. The molecule has 0 aromatic heterocycles. The summed E-state index contributed by atoms with van der Waals surface area (Å²) in [5.74, 6) is -0.978. The highest BCUT2D eigenvalue weighted by Gasteiger charge is 2.32. The van der Waals surface area contributed by atoms with E-state index in [0.29, 0.717) is 23.3 Å². The molecule has 4 rings (SSSR count). The summed E-state index contributed by atoms with van der Waals surface area (Å²) >= 11 is 0.933. The Balaban J connectivity index is 1.40. The number of rotatable bonds is 11. The van der Waals surface area contributed by atoms with E-state index in [2.05, 4.69) is 10.1 Å². The molecule has 1 N–H and O–H groups in total. The third-order valence-corrected chi connectivity index (χ3v) is 6.43. The van der Waals surface area contributed by atoms with E-state index in [1.54, 1.807) is 54.6 Å². The van der Waals surface area contributed by atoms with Gasteiger partial charge in [0.25, 0.3) is 5.24 Å². The average Bonchev–Trinajstić information content (AvgIpc) is 3.22. The predicted molar refractivity (Wildman–Crippen MR) is 134 cm³/mol. The van der Waals surface area contributed by atoms with Crippen LogP contribution in [0.4, 0.5) is 18.0 Å². The van der Waals surface area contributed by atoms with E-state index in [0.717, 1.165) is 29.5 Å². The normalized spacial score (nSPS) is 15.9. The lowest BCUT2D eigenvalue weighted by Gasteiger charge is -2.20. The highest BCUT2D eigenvalue weighted by atomic mass is 32.2. The first kappa shape index (κ1) is 28.0. The van der Waals surface area contributed by atoms with Crippen molar-refractivity contribution in [2.75, 3.05) is 13.4 Å². The van der Waals surface area contributed by atoms with E-state index in [-0.39, 0.29) is 17.8 Å². The van der Waals surface area contributed by atoms with Gasteiger partial charge in [-0.3, -0.25) is 14.9 Å². The van der Waals surface area contributed by atoms with E-state index >= 15 is 0 Å². The largest absolute Gasteiger partial charge is 0.573 e. The van der Waals surface area contributed by atoms with Crippen molar-refractivity contribution in [3.63, 3.8) is 0 Å². The van der Waals surface area contributed by atoms with Gasteiger partial charge >= 0.3 is 12.3 Å². The average molecular weight is 562 g/mol. The van der Waals surface area contributed by atoms with Gasteiger partial charge in [-0.05, 0) is 53.9 Å². The van der Waals surface area contributed by atoms with Crippen LogP contribution in [0.15, 0.2) is 78.9 Å². The summed E-state index contributed by atoms with van der Waals surface area (Å²) in [6.45, 7) is -0.613. The second-order valence-electron chi connectivity index (χ2n) is 8.23. The molecule has 0 bridgehead atoms. The number of amides is 2. The van der Waals surface area contributed by atoms with Crippen LogP contribution in [0.3, 0.4) is 0 Å². The molecule has 39 heavy (non-hydrogen) atoms. The maximum Gasteiger partial charge on any atom is 0.573 e. The fraction of sp³-hybridized carbons (Fsp3) is 0.222. The molecule has 2 atom stereocenters. The lowest BCUT2D eigenvalue weighted by molar-refractivity contribution is -0.274. The Labute approximate surface area is 225 Å². The molecule has 8 nitrogen and oxygen atoms in total. The number of carbonyl (C=O) groups excluding carboxylic acids is 3. The minimum absolute atomic E-state index is 0.132. The van der Waals surface area contributed by atoms with E-state index < -0.39 is 36.2 Å². The van der Waals surface area contributed by atoms with Crippen molar-refractivity contribution in [2.24, 2.45) is 0 Å². The van der Waals surface area contributed by atoms with Gasteiger partial charge in [0.1, 0.15) is 24.2 Å². The molecule has 0 aliphatic carbocycles. The number of benzene rings is 3. The molecule has 2 unspecified atom stereocenters. The van der Waals surface area contributed by atoms with Crippen molar-refractivity contribution >= 4 is 28.9 Å². The number of thioether (sulfide) groups is 1. The Hall–Kier alpha value is -4.03. The number of nitrogens with one attached hydrogen (secondary N) is 1. The molecule has 0 radical (unpaired) electrons. The van der Waals surface area contributed by atoms with Crippen LogP contribution in [-0.2, 0) is 20.7 Å². The van der Waals surface area contributed by atoms with Gasteiger partial charge in [0.2, 0.25) is 5.91 Å². The highest BCUT2D eigenvalue weighted by molar-refractivity contribution is 8.15. The van der Waals surface area contributed by atoms with Crippen LogP contribution in [0.25, 0.3) is 0 Å². The number of halogens is 3. The van der Waals surface area contributed by atoms with Gasteiger partial charge in [0, 0.05) is 0 Å². The topological polar surface area (TPSA) is 100 Å². The molecule has 1 aliphatic heterocycles. The van der Waals surface area contributed by atoms with Gasteiger partial charge in [-0.2, -0.15) is 0 Å².